The molecule has 0 bridgehead atoms. The summed E-state index contributed by atoms with van der Waals surface area (Å²) in [5.41, 5.74) is 1.70. The summed E-state index contributed by atoms with van der Waals surface area (Å²) in [7, 11) is 0. The van der Waals surface area contributed by atoms with Crippen molar-refractivity contribution in [2.75, 3.05) is 13.2 Å². The lowest BCUT2D eigenvalue weighted by Crippen LogP contribution is -2.65. The number of ether oxygens (including phenoxy) is 1. The van der Waals surface area contributed by atoms with Crippen molar-refractivity contribution >= 4 is 11.8 Å². The van der Waals surface area contributed by atoms with E-state index < -0.39 is 5.54 Å². The number of nitrogens with zero attached hydrogens (tertiary/aromatic N) is 2. The zero-order valence-corrected chi connectivity index (χ0v) is 20.2. The quantitative estimate of drug-likeness (QED) is 0.595. The molecule has 2 amide bonds. The number of carbonyl (C=O) groups is 2. The molecular weight excluding hydrogens is 414 g/mol. The Bertz CT molecular complexity index is 962. The Morgan fingerprint density at radius 3 is 2.48 bits per heavy atom. The molecule has 2 aromatic rings. The van der Waals surface area contributed by atoms with Gasteiger partial charge >= 0.3 is 0 Å². The summed E-state index contributed by atoms with van der Waals surface area (Å²) in [4.78, 5) is 29.2. The van der Waals surface area contributed by atoms with Crippen molar-refractivity contribution in [1.82, 2.24) is 14.8 Å². The number of aromatic nitrogens is 1. The minimum Gasteiger partial charge on any atom is -0.379 e. The number of carbonyl (C=O) groups excluding carboxylic acids is 2. The van der Waals surface area contributed by atoms with E-state index in [2.05, 4.69) is 5.32 Å². The highest BCUT2D eigenvalue weighted by Crippen LogP contribution is 2.33. The average Bonchev–Trinajstić information content (AvgIpc) is 3.23. The first-order valence-corrected chi connectivity index (χ1v) is 12.4. The molecule has 33 heavy (non-hydrogen) atoms. The molecule has 178 valence electrons. The van der Waals surface area contributed by atoms with Crippen molar-refractivity contribution in [2.24, 2.45) is 0 Å². The standard InChI is InChI=1S/C27H37N3O3/c1-20(2)33-18-10-17-30-25(31)24-16-15-23(21-11-6-4-7-12-21)29(24)19-27(30,3)26(32)28-22-13-8-5-9-14-22/h4,6-7,11-12,15-16,20,22H,5,8-10,13-14,17-19H2,1-3H3,(H,28,32)/t27-/m1/s1. The van der Waals surface area contributed by atoms with Crippen LogP contribution in [0.25, 0.3) is 11.3 Å². The molecule has 1 fully saturated rings. The molecule has 1 aromatic carbocycles. The zero-order valence-electron chi connectivity index (χ0n) is 20.2. The van der Waals surface area contributed by atoms with Gasteiger partial charge in [0, 0.05) is 24.9 Å². The molecule has 1 aliphatic carbocycles. The predicted molar refractivity (Wildman–Crippen MR) is 130 cm³/mol. The lowest BCUT2D eigenvalue weighted by atomic mass is 9.91. The normalized spacial score (nSPS) is 21.3. The first-order chi connectivity index (χ1) is 15.9. The van der Waals surface area contributed by atoms with Crippen LogP contribution in [0.1, 0.15) is 69.8 Å². The SMILES string of the molecule is CC(C)OCCCN1C(=O)c2ccc(-c3ccccc3)n2C[C@]1(C)C(=O)NC1CCCCC1. The fourth-order valence-corrected chi connectivity index (χ4v) is 5.11. The van der Waals surface area contributed by atoms with Crippen LogP contribution in [0, 0.1) is 0 Å². The monoisotopic (exact) mass is 451 g/mol. The van der Waals surface area contributed by atoms with E-state index in [9.17, 15) is 9.59 Å². The minimum absolute atomic E-state index is 0.0501. The van der Waals surface area contributed by atoms with E-state index in [0.717, 1.165) is 36.9 Å². The number of rotatable bonds is 8. The molecular formula is C27H37N3O3. The van der Waals surface area contributed by atoms with Gasteiger partial charge in [-0.05, 0) is 57.7 Å². The van der Waals surface area contributed by atoms with Gasteiger partial charge in [0.2, 0.25) is 5.91 Å². The van der Waals surface area contributed by atoms with Gasteiger partial charge in [-0.3, -0.25) is 9.59 Å². The van der Waals surface area contributed by atoms with Crippen molar-refractivity contribution in [2.45, 2.75) is 83.5 Å². The first kappa shape index (κ1) is 23.6. The van der Waals surface area contributed by atoms with E-state index in [0.29, 0.717) is 31.8 Å². The fourth-order valence-electron chi connectivity index (χ4n) is 5.11. The van der Waals surface area contributed by atoms with Gasteiger partial charge in [0.05, 0.1) is 12.6 Å². The number of hydrogen-bond acceptors (Lipinski definition) is 3. The third-order valence-corrected chi connectivity index (χ3v) is 6.98. The van der Waals surface area contributed by atoms with Crippen LogP contribution >= 0.6 is 0 Å². The summed E-state index contributed by atoms with van der Waals surface area (Å²) in [6, 6.07) is 14.1. The number of benzene rings is 1. The maximum absolute atomic E-state index is 13.7. The summed E-state index contributed by atoms with van der Waals surface area (Å²) >= 11 is 0. The van der Waals surface area contributed by atoms with Gasteiger partial charge in [-0.1, -0.05) is 49.6 Å². The third-order valence-electron chi connectivity index (χ3n) is 6.98. The van der Waals surface area contributed by atoms with Crippen LogP contribution < -0.4 is 5.32 Å². The fraction of sp³-hybridized carbons (Fsp3) is 0.556. The Hall–Kier alpha value is -2.60. The summed E-state index contributed by atoms with van der Waals surface area (Å²) in [5, 5.41) is 3.29. The number of fused-ring (bicyclic) bond motifs is 1. The van der Waals surface area contributed by atoms with E-state index in [1.807, 2.05) is 67.8 Å². The first-order valence-electron chi connectivity index (χ1n) is 12.4. The van der Waals surface area contributed by atoms with E-state index >= 15 is 0 Å². The summed E-state index contributed by atoms with van der Waals surface area (Å²) in [5.74, 6) is -0.139. The van der Waals surface area contributed by atoms with Gasteiger partial charge in [0.1, 0.15) is 11.2 Å². The highest BCUT2D eigenvalue weighted by molar-refractivity contribution is 6.00. The molecule has 1 aromatic heterocycles. The van der Waals surface area contributed by atoms with Crippen LogP contribution in [-0.4, -0.2) is 52.1 Å². The molecule has 4 rings (SSSR count). The molecule has 1 N–H and O–H groups in total. The van der Waals surface area contributed by atoms with Gasteiger partial charge in [0.25, 0.3) is 5.91 Å². The molecule has 2 heterocycles. The van der Waals surface area contributed by atoms with E-state index in [-0.39, 0.29) is 24.0 Å². The smallest absolute Gasteiger partial charge is 0.271 e. The largest absolute Gasteiger partial charge is 0.379 e. The summed E-state index contributed by atoms with van der Waals surface area (Å²) in [6.07, 6.45) is 6.41. The predicted octanol–water partition coefficient (Wildman–Crippen LogP) is 4.63. The lowest BCUT2D eigenvalue weighted by molar-refractivity contribution is -0.134. The lowest BCUT2D eigenvalue weighted by Gasteiger charge is -2.45. The number of hydrogen-bond donors (Lipinski definition) is 1. The molecule has 0 unspecified atom stereocenters. The molecule has 0 spiro atoms. The number of nitrogens with one attached hydrogen (secondary N) is 1. The molecule has 1 atom stereocenters. The Kier molecular flexibility index (Phi) is 7.23. The second kappa shape index (κ2) is 10.1. The van der Waals surface area contributed by atoms with E-state index in [1.54, 1.807) is 4.90 Å². The van der Waals surface area contributed by atoms with Gasteiger partial charge in [-0.25, -0.2) is 0 Å². The molecule has 0 saturated heterocycles. The third kappa shape index (κ3) is 5.01. The Morgan fingerprint density at radius 2 is 1.79 bits per heavy atom. The van der Waals surface area contributed by atoms with Crippen molar-refractivity contribution in [3.05, 3.63) is 48.2 Å². The summed E-state index contributed by atoms with van der Waals surface area (Å²) < 4.78 is 7.73. The Morgan fingerprint density at radius 1 is 1.09 bits per heavy atom. The van der Waals surface area contributed by atoms with Crippen molar-refractivity contribution in [3.8, 4) is 11.3 Å². The van der Waals surface area contributed by atoms with Crippen LogP contribution in [0.15, 0.2) is 42.5 Å². The Labute approximate surface area is 197 Å². The summed E-state index contributed by atoms with van der Waals surface area (Å²) in [6.45, 7) is 7.43. The van der Waals surface area contributed by atoms with E-state index in [1.165, 1.54) is 6.42 Å². The second-order valence-corrected chi connectivity index (χ2v) is 9.87. The van der Waals surface area contributed by atoms with Crippen molar-refractivity contribution in [3.63, 3.8) is 0 Å². The van der Waals surface area contributed by atoms with Crippen LogP contribution in [0.3, 0.4) is 0 Å². The van der Waals surface area contributed by atoms with E-state index in [4.69, 9.17) is 4.74 Å². The molecule has 1 aliphatic heterocycles. The highest BCUT2D eigenvalue weighted by atomic mass is 16.5. The molecule has 6 nitrogen and oxygen atoms in total. The molecule has 6 heteroatoms. The second-order valence-electron chi connectivity index (χ2n) is 9.87. The van der Waals surface area contributed by atoms with Crippen molar-refractivity contribution in [1.29, 1.82) is 0 Å². The highest BCUT2D eigenvalue weighted by Gasteiger charge is 2.48. The molecule has 1 saturated carbocycles. The maximum Gasteiger partial charge on any atom is 0.271 e. The number of amides is 2. The average molecular weight is 452 g/mol. The Balaban J connectivity index is 1.63. The molecule has 2 aliphatic rings. The van der Waals surface area contributed by atoms with Gasteiger partial charge in [0.15, 0.2) is 0 Å². The van der Waals surface area contributed by atoms with Crippen molar-refractivity contribution < 1.29 is 14.3 Å². The topological polar surface area (TPSA) is 63.6 Å². The maximum atomic E-state index is 13.7. The van der Waals surface area contributed by atoms with Gasteiger partial charge < -0.3 is 19.5 Å². The van der Waals surface area contributed by atoms with Crippen LogP contribution in [-0.2, 0) is 16.1 Å². The molecule has 0 radical (unpaired) electrons. The van der Waals surface area contributed by atoms with Gasteiger partial charge in [-0.15, -0.1) is 0 Å². The van der Waals surface area contributed by atoms with Crippen LogP contribution in [0.4, 0.5) is 0 Å². The zero-order chi connectivity index (χ0) is 23.4. The van der Waals surface area contributed by atoms with Gasteiger partial charge in [-0.2, -0.15) is 0 Å². The van der Waals surface area contributed by atoms with Crippen LogP contribution in [0.5, 0.6) is 0 Å². The minimum atomic E-state index is -0.956. The van der Waals surface area contributed by atoms with Crippen LogP contribution in [0.2, 0.25) is 0 Å².